The van der Waals surface area contributed by atoms with E-state index in [0.29, 0.717) is 25.5 Å². The first kappa shape index (κ1) is 11.9. The highest BCUT2D eigenvalue weighted by Crippen LogP contribution is 2.30. The maximum Gasteiger partial charge on any atom is 0.226 e. The van der Waals surface area contributed by atoms with Crippen LogP contribution in [0.5, 0.6) is 0 Å². The highest BCUT2D eigenvalue weighted by Gasteiger charge is 2.26. The van der Waals surface area contributed by atoms with Crippen molar-refractivity contribution in [2.45, 2.75) is 18.9 Å². The Morgan fingerprint density at radius 1 is 1.32 bits per heavy atom. The number of ether oxygens (including phenoxy) is 1. The van der Waals surface area contributed by atoms with Crippen molar-refractivity contribution in [3.63, 3.8) is 0 Å². The molecule has 2 aromatic rings. The van der Waals surface area contributed by atoms with Crippen LogP contribution in [0.25, 0.3) is 0 Å². The summed E-state index contributed by atoms with van der Waals surface area (Å²) in [5.74, 6) is 0.779. The zero-order chi connectivity index (χ0) is 13.1. The van der Waals surface area contributed by atoms with Crippen LogP contribution in [0.4, 0.5) is 5.82 Å². The molecule has 1 aromatic heterocycles. The van der Waals surface area contributed by atoms with Gasteiger partial charge in [0.2, 0.25) is 5.91 Å². The average molecular weight is 257 g/mol. The third kappa shape index (κ3) is 2.66. The van der Waals surface area contributed by atoms with E-state index in [1.165, 1.54) is 0 Å². The molecule has 5 nitrogen and oxygen atoms in total. The van der Waals surface area contributed by atoms with Crippen molar-refractivity contribution < 1.29 is 9.53 Å². The zero-order valence-electron chi connectivity index (χ0n) is 10.4. The Balaban J connectivity index is 1.61. The van der Waals surface area contributed by atoms with E-state index >= 15 is 0 Å². The molecule has 3 rings (SSSR count). The Labute approximate surface area is 111 Å². The summed E-state index contributed by atoms with van der Waals surface area (Å²) in [5, 5.41) is 9.51. The predicted octanol–water partition coefficient (Wildman–Crippen LogP) is 2.05. The third-order valence-corrected chi connectivity index (χ3v) is 3.24. The predicted molar refractivity (Wildman–Crippen MR) is 70.7 cm³/mol. The lowest BCUT2D eigenvalue weighted by Crippen LogP contribution is -2.24. The van der Waals surface area contributed by atoms with Crippen molar-refractivity contribution in [2.24, 2.45) is 0 Å². The number of aromatic nitrogens is 2. The van der Waals surface area contributed by atoms with E-state index in [0.717, 1.165) is 11.1 Å². The molecule has 2 heterocycles. The van der Waals surface area contributed by atoms with Gasteiger partial charge < -0.3 is 10.1 Å². The summed E-state index contributed by atoms with van der Waals surface area (Å²) in [6.45, 7) is 1.08. The summed E-state index contributed by atoms with van der Waals surface area (Å²) in [6, 6.07) is 10.0. The highest BCUT2D eigenvalue weighted by atomic mass is 16.5. The van der Waals surface area contributed by atoms with Crippen molar-refractivity contribution in [2.75, 3.05) is 11.9 Å². The Kier molecular flexibility index (Phi) is 3.29. The molecule has 0 aliphatic carbocycles. The molecule has 2 N–H and O–H groups in total. The third-order valence-electron chi connectivity index (χ3n) is 3.24. The van der Waals surface area contributed by atoms with E-state index in [4.69, 9.17) is 4.74 Å². The van der Waals surface area contributed by atoms with Crippen LogP contribution in [0.2, 0.25) is 0 Å². The van der Waals surface area contributed by atoms with Gasteiger partial charge in [-0.1, -0.05) is 30.3 Å². The summed E-state index contributed by atoms with van der Waals surface area (Å²) >= 11 is 0. The average Bonchev–Trinajstić information content (AvgIpc) is 2.88. The lowest BCUT2D eigenvalue weighted by molar-refractivity contribution is -0.117. The molecule has 1 aromatic carbocycles. The normalized spacial score (nSPS) is 17.9. The van der Waals surface area contributed by atoms with E-state index in [1.807, 2.05) is 30.3 Å². The highest BCUT2D eigenvalue weighted by molar-refractivity contribution is 5.93. The Bertz CT molecular complexity index is 565. The number of carbonyl (C=O) groups is 1. The van der Waals surface area contributed by atoms with Crippen LogP contribution in [-0.4, -0.2) is 22.7 Å². The lowest BCUT2D eigenvalue weighted by Gasteiger charge is -2.21. The van der Waals surface area contributed by atoms with Gasteiger partial charge in [-0.2, -0.15) is 5.10 Å². The molecule has 1 amide bonds. The standard InChI is InChI=1S/C14H15N3O2/c18-13-6-11(12-7-15-17-14(12)16-13)9-19-8-10-4-2-1-3-5-10/h1-5,7,11H,6,8-9H2,(H2,15,16,17,18). The fraction of sp³-hybridized carbons (Fsp3) is 0.286. The number of H-pyrrole nitrogens is 1. The molecular weight excluding hydrogens is 242 g/mol. The Morgan fingerprint density at radius 3 is 3.00 bits per heavy atom. The molecule has 0 saturated heterocycles. The first-order valence-corrected chi connectivity index (χ1v) is 6.27. The molecule has 1 unspecified atom stereocenters. The molecule has 0 fully saturated rings. The van der Waals surface area contributed by atoms with Crippen molar-refractivity contribution >= 4 is 11.7 Å². The van der Waals surface area contributed by atoms with Gasteiger partial charge in [-0.3, -0.25) is 9.89 Å². The van der Waals surface area contributed by atoms with Gasteiger partial charge in [0, 0.05) is 17.9 Å². The van der Waals surface area contributed by atoms with E-state index in [9.17, 15) is 4.79 Å². The van der Waals surface area contributed by atoms with Crippen LogP contribution in [0, 0.1) is 0 Å². The van der Waals surface area contributed by atoms with Crippen LogP contribution in [0.3, 0.4) is 0 Å². The van der Waals surface area contributed by atoms with Gasteiger partial charge in [-0.15, -0.1) is 0 Å². The van der Waals surface area contributed by atoms with Crippen LogP contribution >= 0.6 is 0 Å². The van der Waals surface area contributed by atoms with Crippen LogP contribution in [-0.2, 0) is 16.1 Å². The molecule has 0 radical (unpaired) electrons. The zero-order valence-corrected chi connectivity index (χ0v) is 10.4. The Hall–Kier alpha value is -2.14. The molecular formula is C14H15N3O2. The topological polar surface area (TPSA) is 67.0 Å². The largest absolute Gasteiger partial charge is 0.376 e. The molecule has 0 spiro atoms. The number of benzene rings is 1. The SMILES string of the molecule is O=C1CC(COCc2ccccc2)c2cn[nH]c2N1. The van der Waals surface area contributed by atoms with Crippen LogP contribution < -0.4 is 5.32 Å². The summed E-state index contributed by atoms with van der Waals surface area (Å²) in [6.07, 6.45) is 2.20. The molecule has 5 heteroatoms. The number of carbonyl (C=O) groups excluding carboxylic acids is 1. The number of anilines is 1. The van der Waals surface area contributed by atoms with E-state index in [1.54, 1.807) is 6.20 Å². The molecule has 1 aliphatic heterocycles. The molecule has 98 valence electrons. The first-order chi connectivity index (χ1) is 9.33. The smallest absolute Gasteiger partial charge is 0.226 e. The number of hydrogen-bond donors (Lipinski definition) is 2. The number of nitrogens with zero attached hydrogens (tertiary/aromatic N) is 1. The maximum absolute atomic E-state index is 11.6. The minimum atomic E-state index is 0.00469. The summed E-state index contributed by atoms with van der Waals surface area (Å²) in [7, 11) is 0. The summed E-state index contributed by atoms with van der Waals surface area (Å²) in [5.41, 5.74) is 2.16. The molecule has 0 bridgehead atoms. The molecule has 19 heavy (non-hydrogen) atoms. The number of aromatic amines is 1. The number of fused-ring (bicyclic) bond motifs is 1. The first-order valence-electron chi connectivity index (χ1n) is 6.27. The minimum Gasteiger partial charge on any atom is -0.376 e. The van der Waals surface area contributed by atoms with Crippen molar-refractivity contribution in [1.82, 2.24) is 10.2 Å². The Morgan fingerprint density at radius 2 is 2.16 bits per heavy atom. The molecule has 1 aliphatic rings. The van der Waals surface area contributed by atoms with Crippen LogP contribution in [0.1, 0.15) is 23.5 Å². The molecule has 1 atom stereocenters. The lowest BCUT2D eigenvalue weighted by atomic mass is 9.95. The monoisotopic (exact) mass is 257 g/mol. The fourth-order valence-electron chi connectivity index (χ4n) is 2.27. The molecule has 0 saturated carbocycles. The second-order valence-electron chi connectivity index (χ2n) is 4.65. The second-order valence-corrected chi connectivity index (χ2v) is 4.65. The maximum atomic E-state index is 11.6. The van der Waals surface area contributed by atoms with E-state index in [-0.39, 0.29) is 11.8 Å². The van der Waals surface area contributed by atoms with Gasteiger partial charge in [0.05, 0.1) is 19.4 Å². The van der Waals surface area contributed by atoms with Gasteiger partial charge in [-0.05, 0) is 5.56 Å². The van der Waals surface area contributed by atoms with Crippen LogP contribution in [0.15, 0.2) is 36.5 Å². The number of rotatable bonds is 4. The van der Waals surface area contributed by atoms with Gasteiger partial charge in [0.25, 0.3) is 0 Å². The van der Waals surface area contributed by atoms with Crippen molar-refractivity contribution in [3.05, 3.63) is 47.7 Å². The minimum absolute atomic E-state index is 0.00469. The number of nitrogens with one attached hydrogen (secondary N) is 2. The van der Waals surface area contributed by atoms with Gasteiger partial charge in [0.15, 0.2) is 0 Å². The van der Waals surface area contributed by atoms with Crippen molar-refractivity contribution in [3.8, 4) is 0 Å². The number of hydrogen-bond acceptors (Lipinski definition) is 3. The van der Waals surface area contributed by atoms with E-state index in [2.05, 4.69) is 15.5 Å². The summed E-state index contributed by atoms with van der Waals surface area (Å²) in [4.78, 5) is 11.6. The van der Waals surface area contributed by atoms with Gasteiger partial charge >= 0.3 is 0 Å². The van der Waals surface area contributed by atoms with Crippen molar-refractivity contribution in [1.29, 1.82) is 0 Å². The van der Waals surface area contributed by atoms with Gasteiger partial charge in [-0.25, -0.2) is 0 Å². The number of amides is 1. The summed E-state index contributed by atoms with van der Waals surface area (Å²) < 4.78 is 5.71. The fourth-order valence-corrected chi connectivity index (χ4v) is 2.27. The van der Waals surface area contributed by atoms with Gasteiger partial charge in [0.1, 0.15) is 5.82 Å². The quantitative estimate of drug-likeness (QED) is 0.881. The second kappa shape index (κ2) is 5.24. The van der Waals surface area contributed by atoms with E-state index < -0.39 is 0 Å².